The number of hydrogen-bond acceptors (Lipinski definition) is 6. The molecule has 24 heavy (non-hydrogen) atoms. The Morgan fingerprint density at radius 2 is 2.04 bits per heavy atom. The zero-order valence-corrected chi connectivity index (χ0v) is 15.5. The van der Waals surface area contributed by atoms with Crippen LogP contribution in [0.5, 0.6) is 0 Å². The van der Waals surface area contributed by atoms with Crippen molar-refractivity contribution in [3.05, 3.63) is 0 Å². The van der Waals surface area contributed by atoms with Crippen LogP contribution >= 0.6 is 0 Å². The van der Waals surface area contributed by atoms with E-state index in [4.69, 9.17) is 0 Å². The number of likely N-dealkylation sites (N-methyl/N-ethyl adjacent to an activating group) is 1. The number of amides is 1. The fraction of sp³-hybridized carbons (Fsp3) is 0.875. The fourth-order valence-electron chi connectivity index (χ4n) is 5.30. The minimum absolute atomic E-state index is 0.0363. The predicted octanol–water partition coefficient (Wildman–Crippen LogP) is 0.504. The van der Waals surface area contributed by atoms with E-state index in [0.29, 0.717) is 5.92 Å². The van der Waals surface area contributed by atoms with Gasteiger partial charge in [0.05, 0.1) is 31.4 Å². The van der Waals surface area contributed by atoms with Crippen LogP contribution in [-0.4, -0.2) is 56.6 Å². The van der Waals surface area contributed by atoms with Gasteiger partial charge < -0.3 is 10.1 Å². The second-order valence-electron chi connectivity index (χ2n) is 7.88. The van der Waals surface area contributed by atoms with Crippen LogP contribution in [0, 0.1) is 16.7 Å². The molecule has 3 aliphatic rings. The predicted molar refractivity (Wildman–Crippen MR) is 87.5 cm³/mol. The van der Waals surface area contributed by atoms with Gasteiger partial charge in [-0.15, -0.1) is 0 Å². The normalized spacial score (nSPS) is 36.4. The van der Waals surface area contributed by atoms with Crippen LogP contribution in [0.4, 0.5) is 0 Å². The Hall–Kier alpha value is -1.15. The minimum Gasteiger partial charge on any atom is -0.469 e. The molecule has 2 aliphatic carbocycles. The van der Waals surface area contributed by atoms with Crippen LogP contribution in [0.3, 0.4) is 0 Å². The molecular weight excluding hydrogens is 332 g/mol. The first-order valence-corrected chi connectivity index (χ1v) is 10.0. The molecule has 1 aliphatic heterocycles. The van der Waals surface area contributed by atoms with E-state index in [9.17, 15) is 18.0 Å². The lowest BCUT2D eigenvalue weighted by molar-refractivity contribution is -0.144. The van der Waals surface area contributed by atoms with Crippen molar-refractivity contribution in [1.82, 2.24) is 9.62 Å². The summed E-state index contributed by atoms with van der Waals surface area (Å²) in [6.07, 6.45) is 2.43. The van der Waals surface area contributed by atoms with Crippen LogP contribution in [0.1, 0.15) is 39.5 Å². The zero-order chi connectivity index (χ0) is 17.9. The standard InChI is InChI=1S/C16H26N2O5S/c1-15(2)10-5-6-16(15)9-24(21,22)18(12(16)7-10)14(20)11(17-3)8-13(19)23-4/h10-12,17H,5-9H2,1-4H3/t10-,11+,12-,16-/m1/s1. The second-order valence-corrected chi connectivity index (χ2v) is 9.72. The summed E-state index contributed by atoms with van der Waals surface area (Å²) in [5.74, 6) is -0.591. The molecule has 3 rings (SSSR count). The molecule has 0 aromatic rings. The van der Waals surface area contributed by atoms with Gasteiger partial charge in [0, 0.05) is 5.41 Å². The quantitative estimate of drug-likeness (QED) is 0.736. The van der Waals surface area contributed by atoms with Gasteiger partial charge in [-0.05, 0) is 37.6 Å². The minimum atomic E-state index is -3.67. The van der Waals surface area contributed by atoms with Gasteiger partial charge in [-0.3, -0.25) is 9.59 Å². The lowest BCUT2D eigenvalue weighted by Crippen LogP contribution is -2.51. The molecule has 0 unspecified atom stereocenters. The van der Waals surface area contributed by atoms with Gasteiger partial charge in [0.15, 0.2) is 0 Å². The van der Waals surface area contributed by atoms with E-state index in [1.165, 1.54) is 7.11 Å². The molecule has 2 saturated carbocycles. The van der Waals surface area contributed by atoms with Crippen LogP contribution in [0.15, 0.2) is 0 Å². The largest absolute Gasteiger partial charge is 0.469 e. The van der Waals surface area contributed by atoms with Crippen molar-refractivity contribution in [3.63, 3.8) is 0 Å². The lowest BCUT2D eigenvalue weighted by atomic mass is 9.69. The van der Waals surface area contributed by atoms with Gasteiger partial charge in [-0.25, -0.2) is 12.7 Å². The average molecular weight is 358 g/mol. The number of fused-ring (bicyclic) bond motifs is 1. The SMILES string of the molecule is CN[C@@H](CC(=O)OC)C(=O)N1[C@@H]2C[C@H]3CC[C@]2(CS1(=O)=O)C3(C)C. The molecule has 4 atom stereocenters. The number of carbonyl (C=O) groups excluding carboxylic acids is 2. The monoisotopic (exact) mass is 358 g/mol. The zero-order valence-electron chi connectivity index (χ0n) is 14.7. The molecule has 1 amide bonds. The Balaban J connectivity index is 1.94. The second kappa shape index (κ2) is 5.42. The molecule has 7 nitrogen and oxygen atoms in total. The third-order valence-corrected chi connectivity index (χ3v) is 8.79. The molecule has 0 radical (unpaired) electrons. The Bertz CT molecular complexity index is 674. The molecule has 1 N–H and O–H groups in total. The number of nitrogens with one attached hydrogen (secondary N) is 1. The maximum absolute atomic E-state index is 12.9. The number of sulfonamides is 1. The van der Waals surface area contributed by atoms with Crippen molar-refractivity contribution >= 4 is 21.9 Å². The van der Waals surface area contributed by atoms with Crippen molar-refractivity contribution in [2.75, 3.05) is 19.9 Å². The van der Waals surface area contributed by atoms with E-state index in [2.05, 4.69) is 23.9 Å². The van der Waals surface area contributed by atoms with E-state index in [1.807, 2.05) is 0 Å². The topological polar surface area (TPSA) is 92.8 Å². The van der Waals surface area contributed by atoms with Crippen LogP contribution in [-0.2, 0) is 24.3 Å². The molecule has 0 aromatic heterocycles. The third-order valence-electron chi connectivity index (χ3n) is 6.87. The first kappa shape index (κ1) is 17.7. The summed E-state index contributed by atoms with van der Waals surface area (Å²) < 4.78 is 31.4. The van der Waals surface area contributed by atoms with Gasteiger partial charge in [0.25, 0.3) is 5.91 Å². The van der Waals surface area contributed by atoms with Gasteiger partial charge in [-0.1, -0.05) is 13.8 Å². The lowest BCUT2D eigenvalue weighted by Gasteiger charge is -2.37. The highest BCUT2D eigenvalue weighted by atomic mass is 32.2. The van der Waals surface area contributed by atoms with Gasteiger partial charge >= 0.3 is 5.97 Å². The highest BCUT2D eigenvalue weighted by Gasteiger charge is 2.72. The van der Waals surface area contributed by atoms with Crippen LogP contribution in [0.2, 0.25) is 0 Å². The molecule has 8 heteroatoms. The van der Waals surface area contributed by atoms with Gasteiger partial charge in [-0.2, -0.15) is 0 Å². The van der Waals surface area contributed by atoms with E-state index >= 15 is 0 Å². The van der Waals surface area contributed by atoms with E-state index in [1.54, 1.807) is 7.05 Å². The molecule has 1 spiro atoms. The summed E-state index contributed by atoms with van der Waals surface area (Å²) in [6, 6.07) is -1.16. The van der Waals surface area contributed by atoms with Crippen LogP contribution < -0.4 is 5.32 Å². The molecule has 1 heterocycles. The Morgan fingerprint density at radius 1 is 1.38 bits per heavy atom. The third kappa shape index (κ3) is 2.15. The number of carbonyl (C=O) groups is 2. The van der Waals surface area contributed by atoms with E-state index in [0.717, 1.165) is 23.6 Å². The van der Waals surface area contributed by atoms with Crippen molar-refractivity contribution in [2.24, 2.45) is 16.7 Å². The summed E-state index contributed by atoms with van der Waals surface area (Å²) in [5.41, 5.74) is -0.438. The number of ether oxygens (including phenoxy) is 1. The molecule has 3 fully saturated rings. The number of esters is 1. The van der Waals surface area contributed by atoms with Gasteiger partial charge in [0.2, 0.25) is 10.0 Å². The summed E-state index contributed by atoms with van der Waals surface area (Å²) in [4.78, 5) is 24.5. The highest BCUT2D eigenvalue weighted by Crippen LogP contribution is 2.70. The fourth-order valence-corrected chi connectivity index (χ4v) is 7.87. The first-order chi connectivity index (χ1) is 11.1. The molecular formula is C16H26N2O5S. The summed E-state index contributed by atoms with van der Waals surface area (Å²) in [7, 11) is -0.867. The first-order valence-electron chi connectivity index (χ1n) is 8.41. The number of methoxy groups -OCH3 is 1. The summed E-state index contributed by atoms with van der Waals surface area (Å²) in [5, 5.41) is 2.77. The number of hydrogen-bond donors (Lipinski definition) is 1. The highest BCUT2D eigenvalue weighted by molar-refractivity contribution is 7.90. The van der Waals surface area contributed by atoms with Crippen molar-refractivity contribution in [2.45, 2.75) is 51.6 Å². The Morgan fingerprint density at radius 3 is 2.58 bits per heavy atom. The summed E-state index contributed by atoms with van der Waals surface area (Å²) >= 11 is 0. The smallest absolute Gasteiger partial charge is 0.307 e. The molecule has 136 valence electrons. The van der Waals surface area contributed by atoms with Crippen molar-refractivity contribution in [1.29, 1.82) is 0 Å². The van der Waals surface area contributed by atoms with E-state index < -0.39 is 27.9 Å². The maximum atomic E-state index is 12.9. The number of nitrogens with zero attached hydrogens (tertiary/aromatic N) is 1. The molecule has 1 saturated heterocycles. The van der Waals surface area contributed by atoms with Crippen molar-refractivity contribution < 1.29 is 22.7 Å². The van der Waals surface area contributed by atoms with Crippen LogP contribution in [0.25, 0.3) is 0 Å². The Labute approximate surface area is 143 Å². The Kier molecular flexibility index (Phi) is 3.99. The van der Waals surface area contributed by atoms with Gasteiger partial charge in [0.1, 0.15) is 0 Å². The van der Waals surface area contributed by atoms with E-state index in [-0.39, 0.29) is 29.0 Å². The maximum Gasteiger partial charge on any atom is 0.307 e. The molecule has 2 bridgehead atoms. The molecule has 0 aromatic carbocycles. The summed E-state index contributed by atoms with van der Waals surface area (Å²) in [6.45, 7) is 4.27. The number of rotatable bonds is 4. The average Bonchev–Trinajstić information content (AvgIpc) is 2.98. The van der Waals surface area contributed by atoms with Crippen molar-refractivity contribution in [3.8, 4) is 0 Å².